The Labute approximate surface area is 133 Å². The molecule has 0 spiro atoms. The van der Waals surface area contributed by atoms with Crippen LogP contribution in [0.15, 0.2) is 23.1 Å². The molecule has 124 valence electrons. The van der Waals surface area contributed by atoms with E-state index in [0.29, 0.717) is 12.1 Å². The van der Waals surface area contributed by atoms with Crippen LogP contribution in [0.3, 0.4) is 0 Å². The van der Waals surface area contributed by atoms with E-state index >= 15 is 0 Å². The molecule has 0 saturated carbocycles. The SMILES string of the molecule is CCCNC(=O)c1cc(S(=O)(=O)N[C@@H](C)CCC)ccc1C. The maximum Gasteiger partial charge on any atom is 0.251 e. The lowest BCUT2D eigenvalue weighted by atomic mass is 10.1. The fourth-order valence-electron chi connectivity index (χ4n) is 2.17. The Hall–Kier alpha value is -1.40. The van der Waals surface area contributed by atoms with Gasteiger partial charge in [0.25, 0.3) is 5.91 Å². The van der Waals surface area contributed by atoms with Gasteiger partial charge in [-0.15, -0.1) is 0 Å². The molecule has 0 radical (unpaired) electrons. The molecule has 0 unspecified atom stereocenters. The van der Waals surface area contributed by atoms with Crippen LogP contribution in [0.4, 0.5) is 0 Å². The van der Waals surface area contributed by atoms with E-state index in [9.17, 15) is 13.2 Å². The average molecular weight is 326 g/mol. The molecule has 0 aliphatic carbocycles. The molecule has 1 aromatic rings. The van der Waals surface area contributed by atoms with Crippen molar-refractivity contribution in [2.45, 2.75) is 57.9 Å². The van der Waals surface area contributed by atoms with Gasteiger partial charge in [0.2, 0.25) is 10.0 Å². The Morgan fingerprint density at radius 3 is 2.50 bits per heavy atom. The van der Waals surface area contributed by atoms with Crippen molar-refractivity contribution in [3.63, 3.8) is 0 Å². The van der Waals surface area contributed by atoms with E-state index in [1.807, 2.05) is 20.8 Å². The first-order chi connectivity index (χ1) is 10.3. The van der Waals surface area contributed by atoms with E-state index in [1.165, 1.54) is 12.1 Å². The van der Waals surface area contributed by atoms with Gasteiger partial charge in [0.1, 0.15) is 0 Å². The summed E-state index contributed by atoms with van der Waals surface area (Å²) in [5.74, 6) is -0.238. The van der Waals surface area contributed by atoms with Crippen LogP contribution < -0.4 is 10.0 Å². The van der Waals surface area contributed by atoms with Crippen LogP contribution in [0.1, 0.15) is 56.0 Å². The topological polar surface area (TPSA) is 75.3 Å². The highest BCUT2D eigenvalue weighted by Gasteiger charge is 2.19. The molecule has 2 N–H and O–H groups in total. The van der Waals surface area contributed by atoms with Crippen LogP contribution in [0.5, 0.6) is 0 Å². The van der Waals surface area contributed by atoms with Crippen molar-refractivity contribution in [2.24, 2.45) is 0 Å². The molecule has 0 bridgehead atoms. The van der Waals surface area contributed by atoms with Crippen molar-refractivity contribution < 1.29 is 13.2 Å². The van der Waals surface area contributed by atoms with Crippen LogP contribution in [0.25, 0.3) is 0 Å². The molecule has 5 nitrogen and oxygen atoms in total. The van der Waals surface area contributed by atoms with Gasteiger partial charge in [-0.3, -0.25) is 4.79 Å². The highest BCUT2D eigenvalue weighted by atomic mass is 32.2. The summed E-state index contributed by atoms with van der Waals surface area (Å²) < 4.78 is 27.4. The number of sulfonamides is 1. The number of rotatable bonds is 8. The monoisotopic (exact) mass is 326 g/mol. The Morgan fingerprint density at radius 2 is 1.91 bits per heavy atom. The van der Waals surface area contributed by atoms with Crippen molar-refractivity contribution in [2.75, 3.05) is 6.54 Å². The molecule has 0 aliphatic heterocycles. The minimum Gasteiger partial charge on any atom is -0.352 e. The average Bonchev–Trinajstić information content (AvgIpc) is 2.44. The number of benzene rings is 1. The van der Waals surface area contributed by atoms with Gasteiger partial charge in [0.15, 0.2) is 0 Å². The van der Waals surface area contributed by atoms with Gasteiger partial charge in [-0.2, -0.15) is 0 Å². The van der Waals surface area contributed by atoms with Gasteiger partial charge >= 0.3 is 0 Å². The molecule has 6 heteroatoms. The molecule has 1 amide bonds. The third-order valence-electron chi connectivity index (χ3n) is 3.38. The molecular formula is C16H26N2O3S. The fraction of sp³-hybridized carbons (Fsp3) is 0.562. The van der Waals surface area contributed by atoms with Gasteiger partial charge < -0.3 is 5.32 Å². The standard InChI is InChI=1S/C16H26N2O3S/c1-5-7-13(4)18-22(20,21)14-9-8-12(3)15(11-14)16(19)17-10-6-2/h8-9,11,13,18H,5-7,10H2,1-4H3,(H,17,19)/t13-/m0/s1. The second-order valence-electron chi connectivity index (χ2n) is 5.54. The first-order valence-corrected chi connectivity index (χ1v) is 9.21. The van der Waals surface area contributed by atoms with Crippen LogP contribution in [0.2, 0.25) is 0 Å². The second-order valence-corrected chi connectivity index (χ2v) is 7.26. The number of carbonyl (C=O) groups is 1. The Kier molecular flexibility index (Phi) is 7.03. The van der Waals surface area contributed by atoms with Crippen molar-refractivity contribution in [3.05, 3.63) is 29.3 Å². The van der Waals surface area contributed by atoms with E-state index < -0.39 is 10.0 Å². The van der Waals surface area contributed by atoms with Crippen LogP contribution in [-0.2, 0) is 10.0 Å². The summed E-state index contributed by atoms with van der Waals surface area (Å²) in [4.78, 5) is 12.2. The van der Waals surface area contributed by atoms with Gasteiger partial charge in [-0.25, -0.2) is 13.1 Å². The molecule has 0 aromatic heterocycles. The fourth-order valence-corrected chi connectivity index (χ4v) is 3.48. The Bertz CT molecular complexity index is 612. The van der Waals surface area contributed by atoms with Crippen LogP contribution in [0, 0.1) is 6.92 Å². The van der Waals surface area contributed by atoms with Crippen molar-refractivity contribution in [3.8, 4) is 0 Å². The number of nitrogens with one attached hydrogen (secondary N) is 2. The summed E-state index contributed by atoms with van der Waals surface area (Å²) in [6.07, 6.45) is 2.51. The van der Waals surface area contributed by atoms with Crippen LogP contribution in [-0.4, -0.2) is 26.9 Å². The first-order valence-electron chi connectivity index (χ1n) is 7.73. The zero-order chi connectivity index (χ0) is 16.8. The van der Waals surface area contributed by atoms with E-state index in [0.717, 1.165) is 24.8 Å². The quantitative estimate of drug-likeness (QED) is 0.771. The number of hydrogen-bond acceptors (Lipinski definition) is 3. The van der Waals surface area contributed by atoms with Gasteiger partial charge in [-0.1, -0.05) is 26.3 Å². The number of hydrogen-bond donors (Lipinski definition) is 2. The largest absolute Gasteiger partial charge is 0.352 e. The summed E-state index contributed by atoms with van der Waals surface area (Å²) in [6.45, 7) is 8.18. The summed E-state index contributed by atoms with van der Waals surface area (Å²) >= 11 is 0. The molecule has 22 heavy (non-hydrogen) atoms. The zero-order valence-corrected chi connectivity index (χ0v) is 14.6. The molecule has 1 aromatic carbocycles. The summed E-state index contributed by atoms with van der Waals surface area (Å²) in [7, 11) is -3.60. The number of amides is 1. The minimum atomic E-state index is -3.60. The van der Waals surface area contributed by atoms with Crippen molar-refractivity contribution in [1.82, 2.24) is 10.0 Å². The second kappa shape index (κ2) is 8.29. The van der Waals surface area contributed by atoms with Gasteiger partial charge in [0, 0.05) is 18.2 Å². The van der Waals surface area contributed by atoms with E-state index in [4.69, 9.17) is 0 Å². The van der Waals surface area contributed by atoms with Crippen molar-refractivity contribution >= 4 is 15.9 Å². The highest BCUT2D eigenvalue weighted by Crippen LogP contribution is 2.16. The molecule has 0 saturated heterocycles. The highest BCUT2D eigenvalue weighted by molar-refractivity contribution is 7.89. The number of aryl methyl sites for hydroxylation is 1. The predicted octanol–water partition coefficient (Wildman–Crippen LogP) is 2.60. The predicted molar refractivity (Wildman–Crippen MR) is 88.5 cm³/mol. The Balaban J connectivity index is 3.03. The lowest BCUT2D eigenvalue weighted by Crippen LogP contribution is -2.32. The van der Waals surface area contributed by atoms with E-state index in [1.54, 1.807) is 13.0 Å². The summed E-state index contributed by atoms with van der Waals surface area (Å²) in [5, 5.41) is 2.78. The minimum absolute atomic E-state index is 0.128. The lowest BCUT2D eigenvalue weighted by molar-refractivity contribution is 0.0953. The molecule has 0 aliphatic rings. The van der Waals surface area contributed by atoms with E-state index in [2.05, 4.69) is 10.0 Å². The van der Waals surface area contributed by atoms with Gasteiger partial charge in [0.05, 0.1) is 4.90 Å². The van der Waals surface area contributed by atoms with Crippen molar-refractivity contribution in [1.29, 1.82) is 0 Å². The summed E-state index contributed by atoms with van der Waals surface area (Å²) in [6, 6.07) is 4.52. The van der Waals surface area contributed by atoms with Crippen LogP contribution >= 0.6 is 0 Å². The third-order valence-corrected chi connectivity index (χ3v) is 4.96. The molecule has 0 heterocycles. The maximum atomic E-state index is 12.4. The molecule has 1 atom stereocenters. The normalized spacial score (nSPS) is 12.9. The van der Waals surface area contributed by atoms with Gasteiger partial charge in [-0.05, 0) is 44.4 Å². The zero-order valence-electron chi connectivity index (χ0n) is 13.8. The molecule has 0 fully saturated rings. The Morgan fingerprint density at radius 1 is 1.23 bits per heavy atom. The molecule has 1 rings (SSSR count). The lowest BCUT2D eigenvalue weighted by Gasteiger charge is -2.14. The third kappa shape index (κ3) is 5.10. The first kappa shape index (κ1) is 18.6. The smallest absolute Gasteiger partial charge is 0.251 e. The molecular weight excluding hydrogens is 300 g/mol. The van der Waals surface area contributed by atoms with E-state index in [-0.39, 0.29) is 16.8 Å². The maximum absolute atomic E-state index is 12.4. The number of carbonyl (C=O) groups excluding carboxylic acids is 1. The summed E-state index contributed by atoms with van der Waals surface area (Å²) in [5.41, 5.74) is 1.16.